The van der Waals surface area contributed by atoms with Crippen LogP contribution < -0.4 is 0 Å². The molecular weight excluding hydrogens is 285 g/mol. The third-order valence-electron chi connectivity index (χ3n) is 1.91. The Hall–Kier alpha value is -0.940. The molecule has 4 nitrogen and oxygen atoms in total. The van der Waals surface area contributed by atoms with Gasteiger partial charge in [0.15, 0.2) is 5.78 Å². The van der Waals surface area contributed by atoms with E-state index in [0.29, 0.717) is 5.56 Å². The van der Waals surface area contributed by atoms with Crippen molar-refractivity contribution in [3.8, 4) is 0 Å². The Labute approximate surface area is 99.5 Å². The highest BCUT2D eigenvalue weighted by atomic mass is 79.9. The predicted octanol–water partition coefficient (Wildman–Crippen LogP) is 3.13. The molecule has 0 unspecified atom stereocenters. The first-order valence-electron chi connectivity index (χ1n) is 4.01. The van der Waals surface area contributed by atoms with Crippen LogP contribution in [0.2, 0.25) is 5.02 Å². The molecular formula is C9H7BrClNO3. The van der Waals surface area contributed by atoms with Crippen LogP contribution in [0, 0.1) is 17.0 Å². The van der Waals surface area contributed by atoms with Crippen LogP contribution in [0.25, 0.3) is 0 Å². The molecule has 1 aromatic rings. The number of hydrogen-bond donors (Lipinski definition) is 0. The molecule has 0 aliphatic rings. The minimum atomic E-state index is -0.634. The van der Waals surface area contributed by atoms with Gasteiger partial charge in [-0.1, -0.05) is 33.6 Å². The smallest absolute Gasteiger partial charge is 0.293 e. The number of halogens is 2. The van der Waals surface area contributed by atoms with Crippen molar-refractivity contribution in [3.63, 3.8) is 0 Å². The lowest BCUT2D eigenvalue weighted by molar-refractivity contribution is -0.385. The number of benzene rings is 1. The normalized spacial score (nSPS) is 10.1. The molecule has 0 aromatic heterocycles. The Morgan fingerprint density at radius 1 is 1.60 bits per heavy atom. The standard InChI is InChI=1S/C9H7BrClNO3/c1-5-2-3-6(7(13)4-10)9(8(5)11)12(14)15/h2-3H,4H2,1H3. The second-order valence-electron chi connectivity index (χ2n) is 2.91. The summed E-state index contributed by atoms with van der Waals surface area (Å²) >= 11 is 8.75. The van der Waals surface area contributed by atoms with Gasteiger partial charge in [-0.15, -0.1) is 0 Å². The van der Waals surface area contributed by atoms with E-state index in [4.69, 9.17) is 11.6 Å². The molecule has 0 amide bonds. The number of aryl methyl sites for hydroxylation is 1. The number of alkyl halides is 1. The van der Waals surface area contributed by atoms with Crippen LogP contribution in [-0.4, -0.2) is 16.0 Å². The van der Waals surface area contributed by atoms with Crippen molar-refractivity contribution in [1.82, 2.24) is 0 Å². The largest absolute Gasteiger partial charge is 0.298 e. The summed E-state index contributed by atoms with van der Waals surface area (Å²) < 4.78 is 0. The van der Waals surface area contributed by atoms with E-state index in [0.717, 1.165) is 0 Å². The van der Waals surface area contributed by atoms with Crippen molar-refractivity contribution in [2.75, 3.05) is 5.33 Å². The second-order valence-corrected chi connectivity index (χ2v) is 3.85. The van der Waals surface area contributed by atoms with Crippen molar-refractivity contribution in [2.45, 2.75) is 6.92 Å². The van der Waals surface area contributed by atoms with Crippen LogP contribution in [0.15, 0.2) is 12.1 Å². The zero-order valence-electron chi connectivity index (χ0n) is 7.79. The lowest BCUT2D eigenvalue weighted by Crippen LogP contribution is -2.06. The molecule has 0 bridgehead atoms. The van der Waals surface area contributed by atoms with Gasteiger partial charge in [0.25, 0.3) is 5.69 Å². The summed E-state index contributed by atoms with van der Waals surface area (Å²) in [6, 6.07) is 3.01. The molecule has 6 heteroatoms. The van der Waals surface area contributed by atoms with Gasteiger partial charge >= 0.3 is 0 Å². The fourth-order valence-electron chi connectivity index (χ4n) is 1.14. The van der Waals surface area contributed by atoms with Crippen LogP contribution in [0.1, 0.15) is 15.9 Å². The average Bonchev–Trinajstić information content (AvgIpc) is 2.20. The Bertz CT molecular complexity index is 434. The van der Waals surface area contributed by atoms with E-state index in [9.17, 15) is 14.9 Å². The topological polar surface area (TPSA) is 60.2 Å². The minimum Gasteiger partial charge on any atom is -0.293 e. The van der Waals surface area contributed by atoms with Gasteiger partial charge in [0.1, 0.15) is 5.02 Å². The zero-order chi connectivity index (χ0) is 11.6. The maximum absolute atomic E-state index is 11.4. The Kier molecular flexibility index (Phi) is 3.82. The van der Waals surface area contributed by atoms with Crippen LogP contribution in [-0.2, 0) is 0 Å². The molecule has 0 saturated heterocycles. The SMILES string of the molecule is Cc1ccc(C(=O)CBr)c([N+](=O)[O-])c1Cl. The first kappa shape index (κ1) is 12.1. The molecule has 0 saturated carbocycles. The quantitative estimate of drug-likeness (QED) is 0.372. The molecule has 1 aromatic carbocycles. The molecule has 0 aliphatic carbocycles. The molecule has 0 heterocycles. The summed E-state index contributed by atoms with van der Waals surface area (Å²) in [5.41, 5.74) is 0.295. The lowest BCUT2D eigenvalue weighted by Gasteiger charge is -2.03. The Morgan fingerprint density at radius 2 is 2.20 bits per heavy atom. The van der Waals surface area contributed by atoms with Gasteiger partial charge < -0.3 is 0 Å². The monoisotopic (exact) mass is 291 g/mol. The maximum Gasteiger partial charge on any atom is 0.298 e. The van der Waals surface area contributed by atoms with Gasteiger partial charge in [0.2, 0.25) is 0 Å². The highest BCUT2D eigenvalue weighted by molar-refractivity contribution is 9.09. The van der Waals surface area contributed by atoms with E-state index in [1.165, 1.54) is 6.07 Å². The number of nitro groups is 1. The molecule has 0 atom stereocenters. The van der Waals surface area contributed by atoms with E-state index in [-0.39, 0.29) is 27.4 Å². The molecule has 0 N–H and O–H groups in total. The molecule has 0 radical (unpaired) electrons. The number of carbonyl (C=O) groups is 1. The van der Waals surface area contributed by atoms with Crippen molar-refractivity contribution >= 4 is 39.0 Å². The first-order chi connectivity index (χ1) is 6.99. The molecule has 80 valence electrons. The third-order valence-corrected chi connectivity index (χ3v) is 2.90. The van der Waals surface area contributed by atoms with Crippen LogP contribution >= 0.6 is 27.5 Å². The van der Waals surface area contributed by atoms with E-state index in [2.05, 4.69) is 15.9 Å². The van der Waals surface area contributed by atoms with Crippen LogP contribution in [0.3, 0.4) is 0 Å². The van der Waals surface area contributed by atoms with Gasteiger partial charge in [-0.25, -0.2) is 0 Å². The van der Waals surface area contributed by atoms with Crippen molar-refractivity contribution in [2.24, 2.45) is 0 Å². The molecule has 0 aliphatic heterocycles. The summed E-state index contributed by atoms with van der Waals surface area (Å²) in [5, 5.41) is 10.8. The van der Waals surface area contributed by atoms with Crippen molar-refractivity contribution in [3.05, 3.63) is 38.4 Å². The summed E-state index contributed by atoms with van der Waals surface area (Å²) in [6.07, 6.45) is 0. The highest BCUT2D eigenvalue weighted by Gasteiger charge is 2.24. The van der Waals surface area contributed by atoms with Gasteiger partial charge in [0, 0.05) is 0 Å². The van der Waals surface area contributed by atoms with E-state index < -0.39 is 4.92 Å². The highest BCUT2D eigenvalue weighted by Crippen LogP contribution is 2.31. The molecule has 15 heavy (non-hydrogen) atoms. The fourth-order valence-corrected chi connectivity index (χ4v) is 1.68. The Morgan fingerprint density at radius 3 is 2.67 bits per heavy atom. The summed E-state index contributed by atoms with van der Waals surface area (Å²) in [5.74, 6) is -0.358. The number of nitro benzene ring substituents is 1. The number of Topliss-reactive ketones (excluding diaryl/α,β-unsaturated/α-hetero) is 1. The summed E-state index contributed by atoms with van der Waals surface area (Å²) in [7, 11) is 0. The zero-order valence-corrected chi connectivity index (χ0v) is 10.1. The molecule has 0 fully saturated rings. The second kappa shape index (κ2) is 4.72. The van der Waals surface area contributed by atoms with E-state index in [1.54, 1.807) is 13.0 Å². The number of nitrogens with zero attached hydrogens (tertiary/aromatic N) is 1. The van der Waals surface area contributed by atoms with Gasteiger partial charge in [-0.05, 0) is 18.6 Å². The van der Waals surface area contributed by atoms with E-state index >= 15 is 0 Å². The fraction of sp³-hybridized carbons (Fsp3) is 0.222. The van der Waals surface area contributed by atoms with Crippen molar-refractivity contribution in [1.29, 1.82) is 0 Å². The maximum atomic E-state index is 11.4. The number of carbonyl (C=O) groups excluding carboxylic acids is 1. The van der Waals surface area contributed by atoms with Gasteiger partial charge in [-0.3, -0.25) is 14.9 Å². The van der Waals surface area contributed by atoms with E-state index in [1.807, 2.05) is 0 Å². The minimum absolute atomic E-state index is 0.0202. The van der Waals surface area contributed by atoms with Crippen LogP contribution in [0.5, 0.6) is 0 Å². The number of rotatable bonds is 3. The first-order valence-corrected chi connectivity index (χ1v) is 5.51. The number of hydrogen-bond acceptors (Lipinski definition) is 3. The molecule has 0 spiro atoms. The average molecular weight is 293 g/mol. The summed E-state index contributed by atoms with van der Waals surface area (Å²) in [6.45, 7) is 1.65. The summed E-state index contributed by atoms with van der Waals surface area (Å²) in [4.78, 5) is 21.5. The Balaban J connectivity index is 3.46. The van der Waals surface area contributed by atoms with Crippen LogP contribution in [0.4, 0.5) is 5.69 Å². The van der Waals surface area contributed by atoms with Gasteiger partial charge in [-0.2, -0.15) is 0 Å². The van der Waals surface area contributed by atoms with Crippen molar-refractivity contribution < 1.29 is 9.72 Å². The third kappa shape index (κ3) is 2.35. The van der Waals surface area contributed by atoms with Gasteiger partial charge in [0.05, 0.1) is 15.8 Å². The molecule has 1 rings (SSSR count). The lowest BCUT2D eigenvalue weighted by atomic mass is 10.1. The number of ketones is 1. The predicted molar refractivity (Wildman–Crippen MR) is 61.0 cm³/mol.